The number of nitrogens with zero attached hydrogens (tertiary/aromatic N) is 2. The number of nitrogens with two attached hydrogens (primary N) is 1. The molecule has 0 spiro atoms. The van der Waals surface area contributed by atoms with Crippen LogP contribution in [-0.2, 0) is 0 Å². The highest BCUT2D eigenvalue weighted by Crippen LogP contribution is 2.33. The third-order valence-corrected chi connectivity index (χ3v) is 2.13. The summed E-state index contributed by atoms with van der Waals surface area (Å²) in [5.74, 6) is -1.71. The molecule has 0 unspecified atom stereocenters. The van der Waals surface area contributed by atoms with Gasteiger partial charge in [-0.3, -0.25) is 0 Å². The molecule has 1 aromatic heterocycles. The molecule has 100 valence electrons. The van der Waals surface area contributed by atoms with Crippen molar-refractivity contribution in [3.8, 4) is 17.0 Å². The lowest BCUT2D eigenvalue weighted by Crippen LogP contribution is -2.17. The zero-order chi connectivity index (χ0) is 14.0. The summed E-state index contributed by atoms with van der Waals surface area (Å²) in [6.07, 6.45) is -4.10. The number of anilines is 1. The van der Waals surface area contributed by atoms with Gasteiger partial charge in [0.2, 0.25) is 5.95 Å². The molecule has 0 bridgehead atoms. The van der Waals surface area contributed by atoms with Crippen molar-refractivity contribution in [1.82, 2.24) is 9.97 Å². The van der Waals surface area contributed by atoms with Gasteiger partial charge in [0, 0.05) is 5.56 Å². The molecule has 1 aromatic carbocycles. The van der Waals surface area contributed by atoms with Crippen LogP contribution in [0, 0.1) is 5.82 Å². The number of rotatable bonds is 2. The number of aromatic nitrogens is 2. The molecule has 1 heterocycles. The van der Waals surface area contributed by atoms with Crippen LogP contribution in [0.25, 0.3) is 11.3 Å². The van der Waals surface area contributed by atoms with Gasteiger partial charge in [0.15, 0.2) is 5.82 Å². The molecular formula is C11H7F4N3O. The van der Waals surface area contributed by atoms with Crippen molar-refractivity contribution in [2.45, 2.75) is 6.36 Å². The highest BCUT2D eigenvalue weighted by atomic mass is 19.4. The molecule has 0 aliphatic carbocycles. The zero-order valence-electron chi connectivity index (χ0n) is 9.28. The largest absolute Gasteiger partial charge is 0.573 e. The molecule has 0 radical (unpaired) electrons. The first-order valence-electron chi connectivity index (χ1n) is 5.00. The Morgan fingerprint density at radius 1 is 1.16 bits per heavy atom. The fraction of sp³-hybridized carbons (Fsp3) is 0.0909. The highest BCUT2D eigenvalue weighted by Gasteiger charge is 2.32. The molecule has 0 saturated heterocycles. The van der Waals surface area contributed by atoms with Gasteiger partial charge in [-0.2, -0.15) is 0 Å². The Labute approximate surface area is 104 Å². The number of hydrogen-bond donors (Lipinski definition) is 1. The van der Waals surface area contributed by atoms with Gasteiger partial charge >= 0.3 is 6.36 Å². The molecule has 0 aliphatic rings. The minimum atomic E-state index is -4.88. The normalized spacial score (nSPS) is 11.4. The monoisotopic (exact) mass is 273 g/mol. The van der Waals surface area contributed by atoms with Gasteiger partial charge in [0.25, 0.3) is 0 Å². The third kappa shape index (κ3) is 3.09. The summed E-state index contributed by atoms with van der Waals surface area (Å²) < 4.78 is 54.1. The van der Waals surface area contributed by atoms with E-state index in [-0.39, 0.29) is 17.2 Å². The van der Waals surface area contributed by atoms with Gasteiger partial charge in [0.1, 0.15) is 11.4 Å². The number of ether oxygens (including phenoxy) is 1. The van der Waals surface area contributed by atoms with E-state index in [1.165, 1.54) is 18.2 Å². The first-order chi connectivity index (χ1) is 8.87. The molecule has 0 amide bonds. The molecule has 19 heavy (non-hydrogen) atoms. The first-order valence-corrected chi connectivity index (χ1v) is 5.00. The Hall–Kier alpha value is -2.38. The molecule has 0 saturated carbocycles. The molecular weight excluding hydrogens is 266 g/mol. The first kappa shape index (κ1) is 13.1. The molecule has 2 N–H and O–H groups in total. The molecule has 2 aromatic rings. The van der Waals surface area contributed by atoms with Crippen LogP contribution < -0.4 is 10.5 Å². The van der Waals surface area contributed by atoms with Crippen LogP contribution in [0.1, 0.15) is 0 Å². The SMILES string of the molecule is Nc1ncc(F)c(-c2ccccc2OC(F)(F)F)n1. The summed E-state index contributed by atoms with van der Waals surface area (Å²) in [4.78, 5) is 6.98. The quantitative estimate of drug-likeness (QED) is 0.855. The third-order valence-electron chi connectivity index (χ3n) is 2.13. The number of hydrogen-bond acceptors (Lipinski definition) is 4. The van der Waals surface area contributed by atoms with E-state index in [4.69, 9.17) is 5.73 Å². The Bertz CT molecular complexity index is 601. The van der Waals surface area contributed by atoms with Crippen molar-refractivity contribution in [2.24, 2.45) is 0 Å². The summed E-state index contributed by atoms with van der Waals surface area (Å²) >= 11 is 0. The summed E-state index contributed by atoms with van der Waals surface area (Å²) in [6, 6.07) is 5.05. The van der Waals surface area contributed by atoms with Crippen LogP contribution in [0.15, 0.2) is 30.5 Å². The average molecular weight is 273 g/mol. The van der Waals surface area contributed by atoms with E-state index in [2.05, 4.69) is 14.7 Å². The van der Waals surface area contributed by atoms with Crippen LogP contribution in [0.5, 0.6) is 5.75 Å². The predicted molar refractivity (Wildman–Crippen MR) is 58.5 cm³/mol. The van der Waals surface area contributed by atoms with Gasteiger partial charge in [-0.1, -0.05) is 12.1 Å². The minimum Gasteiger partial charge on any atom is -0.405 e. The van der Waals surface area contributed by atoms with E-state index in [9.17, 15) is 17.6 Å². The second kappa shape index (κ2) is 4.71. The van der Waals surface area contributed by atoms with Crippen molar-refractivity contribution in [3.63, 3.8) is 0 Å². The van der Waals surface area contributed by atoms with Gasteiger partial charge < -0.3 is 10.5 Å². The van der Waals surface area contributed by atoms with Crippen LogP contribution in [0.3, 0.4) is 0 Å². The number of para-hydroxylation sites is 1. The fourth-order valence-electron chi connectivity index (χ4n) is 1.45. The summed E-state index contributed by atoms with van der Waals surface area (Å²) in [6.45, 7) is 0. The maximum atomic E-state index is 13.6. The second-order valence-corrected chi connectivity index (χ2v) is 3.47. The van der Waals surface area contributed by atoms with E-state index in [1.807, 2.05) is 0 Å². The van der Waals surface area contributed by atoms with Gasteiger partial charge in [-0.25, -0.2) is 14.4 Å². The molecule has 0 aliphatic heterocycles. The maximum absolute atomic E-state index is 13.6. The minimum absolute atomic E-state index is 0.161. The molecule has 8 heteroatoms. The standard InChI is InChI=1S/C11H7F4N3O/c12-7-5-17-10(16)18-9(7)6-3-1-2-4-8(6)19-11(13,14)15/h1-5H,(H2,16,17,18). The smallest absolute Gasteiger partial charge is 0.405 e. The van der Waals surface area contributed by atoms with Crippen LogP contribution in [0.4, 0.5) is 23.5 Å². The van der Waals surface area contributed by atoms with E-state index < -0.39 is 17.9 Å². The van der Waals surface area contributed by atoms with E-state index in [1.54, 1.807) is 0 Å². The van der Waals surface area contributed by atoms with Crippen LogP contribution in [-0.4, -0.2) is 16.3 Å². The van der Waals surface area contributed by atoms with Gasteiger partial charge in [0.05, 0.1) is 6.20 Å². The highest BCUT2D eigenvalue weighted by molar-refractivity contribution is 5.68. The van der Waals surface area contributed by atoms with E-state index >= 15 is 0 Å². The zero-order valence-corrected chi connectivity index (χ0v) is 9.28. The number of alkyl halides is 3. The Morgan fingerprint density at radius 2 is 1.84 bits per heavy atom. The molecule has 2 rings (SSSR count). The number of benzene rings is 1. The van der Waals surface area contributed by atoms with Crippen molar-refractivity contribution in [1.29, 1.82) is 0 Å². The summed E-state index contributed by atoms with van der Waals surface area (Å²) in [5.41, 5.74) is 4.78. The fourth-order valence-corrected chi connectivity index (χ4v) is 1.45. The second-order valence-electron chi connectivity index (χ2n) is 3.47. The summed E-state index contributed by atoms with van der Waals surface area (Å²) in [7, 11) is 0. The van der Waals surface area contributed by atoms with Crippen molar-refractivity contribution >= 4 is 5.95 Å². The topological polar surface area (TPSA) is 61.0 Å². The Morgan fingerprint density at radius 3 is 2.53 bits per heavy atom. The Balaban J connectivity index is 2.53. The number of nitrogen functional groups attached to an aromatic ring is 1. The molecule has 0 fully saturated rings. The lowest BCUT2D eigenvalue weighted by atomic mass is 10.1. The molecule has 0 atom stereocenters. The van der Waals surface area contributed by atoms with Crippen LogP contribution >= 0.6 is 0 Å². The van der Waals surface area contributed by atoms with E-state index in [0.717, 1.165) is 12.3 Å². The Kier molecular flexibility index (Phi) is 3.24. The van der Waals surface area contributed by atoms with Crippen molar-refractivity contribution in [3.05, 3.63) is 36.3 Å². The molecule has 4 nitrogen and oxygen atoms in total. The predicted octanol–water partition coefficient (Wildman–Crippen LogP) is 2.76. The van der Waals surface area contributed by atoms with Gasteiger partial charge in [-0.15, -0.1) is 13.2 Å². The van der Waals surface area contributed by atoms with Crippen molar-refractivity contribution < 1.29 is 22.3 Å². The van der Waals surface area contributed by atoms with E-state index in [0.29, 0.717) is 0 Å². The lowest BCUT2D eigenvalue weighted by Gasteiger charge is -2.13. The van der Waals surface area contributed by atoms with Crippen molar-refractivity contribution in [2.75, 3.05) is 5.73 Å². The average Bonchev–Trinajstić information content (AvgIpc) is 2.31. The lowest BCUT2D eigenvalue weighted by molar-refractivity contribution is -0.274. The number of halogens is 4. The van der Waals surface area contributed by atoms with Crippen LogP contribution in [0.2, 0.25) is 0 Å². The summed E-state index contributed by atoms with van der Waals surface area (Å²) in [5, 5.41) is 0. The van der Waals surface area contributed by atoms with Gasteiger partial charge in [-0.05, 0) is 12.1 Å². The maximum Gasteiger partial charge on any atom is 0.573 e.